The van der Waals surface area contributed by atoms with Crippen molar-refractivity contribution in [1.29, 1.82) is 0 Å². The van der Waals surface area contributed by atoms with Crippen LogP contribution in [0.2, 0.25) is 0 Å². The van der Waals surface area contributed by atoms with Gasteiger partial charge in [0.25, 0.3) is 0 Å². The predicted octanol–water partition coefficient (Wildman–Crippen LogP) is 1.21. The van der Waals surface area contributed by atoms with Gasteiger partial charge < -0.3 is 11.1 Å². The minimum absolute atomic E-state index is 0.0347. The summed E-state index contributed by atoms with van der Waals surface area (Å²) in [5.41, 5.74) is 5.09. The number of nitrogens with zero attached hydrogens (tertiary/aromatic N) is 1. The van der Waals surface area contributed by atoms with Gasteiger partial charge in [-0.3, -0.25) is 9.69 Å². The largest absolute Gasteiger partial charge is 0.354 e. The molecule has 0 rings (SSSR count). The highest BCUT2D eigenvalue weighted by Crippen LogP contribution is 2.12. The van der Waals surface area contributed by atoms with Crippen LogP contribution < -0.4 is 11.1 Å². The Kier molecular flexibility index (Phi) is 6.72. The second-order valence-electron chi connectivity index (χ2n) is 5.77. The van der Waals surface area contributed by atoms with Crippen LogP contribution >= 0.6 is 0 Å². The summed E-state index contributed by atoms with van der Waals surface area (Å²) in [7, 11) is 0. The van der Waals surface area contributed by atoms with Gasteiger partial charge in [-0.05, 0) is 41.5 Å². The molecule has 0 aromatic carbocycles. The number of nitrogens with one attached hydrogen (secondary N) is 1. The smallest absolute Gasteiger partial charge is 0.226 e. The van der Waals surface area contributed by atoms with Crippen LogP contribution in [-0.4, -0.2) is 42.5 Å². The first-order chi connectivity index (χ1) is 7.72. The first-order valence-corrected chi connectivity index (χ1v) is 6.46. The maximum atomic E-state index is 11.8. The Hall–Kier alpha value is -0.610. The lowest BCUT2D eigenvalue weighted by molar-refractivity contribution is -0.128. The summed E-state index contributed by atoms with van der Waals surface area (Å²) < 4.78 is 0. The lowest BCUT2D eigenvalue weighted by Crippen LogP contribution is -2.46. The monoisotopic (exact) mass is 243 g/mol. The number of amides is 1. The summed E-state index contributed by atoms with van der Waals surface area (Å²) in [6.45, 7) is 14.3. The average Bonchev–Trinajstić information content (AvgIpc) is 2.22. The van der Waals surface area contributed by atoms with Gasteiger partial charge in [0.15, 0.2) is 0 Å². The fraction of sp³-hybridized carbons (Fsp3) is 0.923. The number of carbonyl (C=O) groups is 1. The van der Waals surface area contributed by atoms with Crippen molar-refractivity contribution in [3.63, 3.8) is 0 Å². The third kappa shape index (κ3) is 5.50. The lowest BCUT2D eigenvalue weighted by atomic mass is 9.93. The van der Waals surface area contributed by atoms with Gasteiger partial charge in [0.05, 0.1) is 5.41 Å². The summed E-state index contributed by atoms with van der Waals surface area (Å²) in [4.78, 5) is 14.2. The van der Waals surface area contributed by atoms with Crippen LogP contribution in [-0.2, 0) is 4.79 Å². The fourth-order valence-electron chi connectivity index (χ4n) is 1.74. The molecule has 0 saturated carbocycles. The van der Waals surface area contributed by atoms with Crippen molar-refractivity contribution in [3.05, 3.63) is 0 Å². The van der Waals surface area contributed by atoms with E-state index < -0.39 is 5.41 Å². The van der Waals surface area contributed by atoms with Crippen LogP contribution in [0.25, 0.3) is 0 Å². The molecule has 0 aromatic rings. The molecule has 0 radical (unpaired) electrons. The van der Waals surface area contributed by atoms with Crippen molar-refractivity contribution < 1.29 is 4.79 Å². The highest BCUT2D eigenvalue weighted by atomic mass is 16.2. The first-order valence-electron chi connectivity index (χ1n) is 6.46. The summed E-state index contributed by atoms with van der Waals surface area (Å²) in [6.07, 6.45) is 0. The molecule has 0 aliphatic heterocycles. The Labute approximate surface area is 106 Å². The lowest BCUT2D eigenvalue weighted by Gasteiger charge is -2.31. The zero-order valence-electron chi connectivity index (χ0n) is 12.2. The molecule has 0 aliphatic rings. The summed E-state index contributed by atoms with van der Waals surface area (Å²) >= 11 is 0. The minimum atomic E-state index is -0.472. The summed E-state index contributed by atoms with van der Waals surface area (Å²) in [5.74, 6) is 0.0347. The molecule has 0 saturated heterocycles. The van der Waals surface area contributed by atoms with Crippen LogP contribution in [0.5, 0.6) is 0 Å². The first kappa shape index (κ1) is 16.4. The Morgan fingerprint density at radius 2 is 1.71 bits per heavy atom. The van der Waals surface area contributed by atoms with Gasteiger partial charge in [-0.15, -0.1) is 0 Å². The maximum Gasteiger partial charge on any atom is 0.226 e. The molecule has 0 unspecified atom stereocenters. The van der Waals surface area contributed by atoms with Crippen molar-refractivity contribution >= 4 is 5.91 Å². The van der Waals surface area contributed by atoms with E-state index >= 15 is 0 Å². The van der Waals surface area contributed by atoms with Crippen molar-refractivity contribution in [2.75, 3.05) is 19.6 Å². The van der Waals surface area contributed by atoms with Crippen LogP contribution in [0.3, 0.4) is 0 Å². The van der Waals surface area contributed by atoms with Gasteiger partial charge in [-0.25, -0.2) is 0 Å². The van der Waals surface area contributed by atoms with E-state index in [-0.39, 0.29) is 5.91 Å². The maximum absolute atomic E-state index is 11.8. The molecule has 0 aromatic heterocycles. The van der Waals surface area contributed by atoms with E-state index in [0.717, 1.165) is 6.54 Å². The molecule has 0 fully saturated rings. The van der Waals surface area contributed by atoms with E-state index in [1.807, 2.05) is 13.8 Å². The second kappa shape index (κ2) is 6.97. The number of nitrogens with two attached hydrogens (primary N) is 1. The zero-order chi connectivity index (χ0) is 13.6. The van der Waals surface area contributed by atoms with Crippen molar-refractivity contribution in [2.24, 2.45) is 11.1 Å². The van der Waals surface area contributed by atoms with Gasteiger partial charge in [0.2, 0.25) is 5.91 Å². The van der Waals surface area contributed by atoms with Gasteiger partial charge in [0, 0.05) is 31.7 Å². The number of hydrogen-bond acceptors (Lipinski definition) is 3. The fourth-order valence-corrected chi connectivity index (χ4v) is 1.74. The molecular formula is C13H29N3O. The molecule has 102 valence electrons. The third-order valence-corrected chi connectivity index (χ3v) is 3.11. The average molecular weight is 243 g/mol. The summed E-state index contributed by atoms with van der Waals surface area (Å²) in [5, 5.41) is 2.95. The van der Waals surface area contributed by atoms with Crippen molar-refractivity contribution in [3.8, 4) is 0 Å². The van der Waals surface area contributed by atoms with Crippen LogP contribution in [0, 0.1) is 5.41 Å². The van der Waals surface area contributed by atoms with E-state index in [2.05, 4.69) is 37.9 Å². The molecule has 0 spiro atoms. The molecule has 0 atom stereocenters. The van der Waals surface area contributed by atoms with E-state index in [1.165, 1.54) is 0 Å². The highest BCUT2D eigenvalue weighted by molar-refractivity contribution is 5.81. The number of hydrogen-bond donors (Lipinski definition) is 2. The van der Waals surface area contributed by atoms with E-state index in [9.17, 15) is 4.79 Å². The highest BCUT2D eigenvalue weighted by Gasteiger charge is 2.25. The van der Waals surface area contributed by atoms with Gasteiger partial charge in [0.1, 0.15) is 0 Å². The molecule has 4 nitrogen and oxygen atoms in total. The molecule has 0 heterocycles. The second-order valence-corrected chi connectivity index (χ2v) is 5.77. The van der Waals surface area contributed by atoms with E-state index in [0.29, 0.717) is 25.2 Å². The number of carbonyl (C=O) groups excluding carboxylic acids is 1. The predicted molar refractivity (Wildman–Crippen MR) is 72.8 cm³/mol. The Morgan fingerprint density at radius 1 is 1.24 bits per heavy atom. The Balaban J connectivity index is 4.10. The normalized spacial score (nSPS) is 12.6. The molecular weight excluding hydrogens is 214 g/mol. The number of rotatable bonds is 7. The van der Waals surface area contributed by atoms with Crippen LogP contribution in [0.15, 0.2) is 0 Å². The van der Waals surface area contributed by atoms with Gasteiger partial charge >= 0.3 is 0 Å². The standard InChI is InChI=1S/C13H29N3O/c1-10(2)16(11(3)4)8-7-15-12(17)13(5,6)9-14/h10-11H,7-9,14H2,1-6H3,(H,15,17). The zero-order valence-corrected chi connectivity index (χ0v) is 12.2. The summed E-state index contributed by atoms with van der Waals surface area (Å²) in [6, 6.07) is 0.990. The molecule has 17 heavy (non-hydrogen) atoms. The molecule has 0 bridgehead atoms. The molecule has 1 amide bonds. The quantitative estimate of drug-likeness (QED) is 0.706. The molecule has 4 heteroatoms. The van der Waals surface area contributed by atoms with Crippen LogP contribution in [0.1, 0.15) is 41.5 Å². The minimum Gasteiger partial charge on any atom is -0.354 e. The van der Waals surface area contributed by atoms with Crippen molar-refractivity contribution in [1.82, 2.24) is 10.2 Å². The SMILES string of the molecule is CC(C)N(CCNC(=O)C(C)(C)CN)C(C)C. The van der Waals surface area contributed by atoms with Gasteiger partial charge in [-0.2, -0.15) is 0 Å². The topological polar surface area (TPSA) is 58.4 Å². The Morgan fingerprint density at radius 3 is 2.06 bits per heavy atom. The molecule has 3 N–H and O–H groups in total. The van der Waals surface area contributed by atoms with Gasteiger partial charge in [-0.1, -0.05) is 0 Å². The Bertz CT molecular complexity index is 229. The van der Waals surface area contributed by atoms with Crippen molar-refractivity contribution in [2.45, 2.75) is 53.6 Å². The van der Waals surface area contributed by atoms with E-state index in [1.54, 1.807) is 0 Å². The van der Waals surface area contributed by atoms with Crippen LogP contribution in [0.4, 0.5) is 0 Å². The molecule has 0 aliphatic carbocycles. The van der Waals surface area contributed by atoms with E-state index in [4.69, 9.17) is 5.73 Å². The third-order valence-electron chi connectivity index (χ3n) is 3.11.